The first-order valence-electron chi connectivity index (χ1n) is 8.35. The summed E-state index contributed by atoms with van der Waals surface area (Å²) in [7, 11) is 1.64. The highest BCUT2D eigenvalue weighted by Crippen LogP contribution is 2.39. The highest BCUT2D eigenvalue weighted by atomic mass is 35.5. The third-order valence-corrected chi connectivity index (χ3v) is 5.22. The fourth-order valence-electron chi connectivity index (χ4n) is 3.36. The van der Waals surface area contributed by atoms with Crippen molar-refractivity contribution in [3.05, 3.63) is 70.4 Å². The molecule has 1 aromatic heterocycles. The number of hydrogen-bond acceptors (Lipinski definition) is 3. The Morgan fingerprint density at radius 2 is 2.00 bits per heavy atom. The number of aromatic nitrogens is 2. The van der Waals surface area contributed by atoms with Gasteiger partial charge in [0.15, 0.2) is 0 Å². The fraction of sp³-hybridized carbons (Fsp3) is 0.200. The van der Waals surface area contributed by atoms with Crippen LogP contribution in [0.2, 0.25) is 5.02 Å². The molecule has 0 unspecified atom stereocenters. The second kappa shape index (κ2) is 6.50. The van der Waals surface area contributed by atoms with E-state index in [0.29, 0.717) is 17.3 Å². The summed E-state index contributed by atoms with van der Waals surface area (Å²) >= 11 is 6.26. The molecule has 1 N–H and O–H groups in total. The molecule has 0 bridgehead atoms. The van der Waals surface area contributed by atoms with Gasteiger partial charge >= 0.3 is 0 Å². The zero-order valence-electron chi connectivity index (χ0n) is 14.5. The van der Waals surface area contributed by atoms with E-state index in [1.807, 2.05) is 55.6 Å². The van der Waals surface area contributed by atoms with Crippen molar-refractivity contribution in [1.82, 2.24) is 9.78 Å². The van der Waals surface area contributed by atoms with E-state index in [9.17, 15) is 4.79 Å². The molecule has 26 heavy (non-hydrogen) atoms. The molecule has 0 fully saturated rings. The molecule has 4 rings (SSSR count). The smallest absolute Gasteiger partial charge is 0.226 e. The Morgan fingerprint density at radius 1 is 1.23 bits per heavy atom. The summed E-state index contributed by atoms with van der Waals surface area (Å²) in [5.41, 5.74) is 3.83. The van der Waals surface area contributed by atoms with Crippen LogP contribution in [-0.4, -0.2) is 22.8 Å². The number of carbonyl (C=O) groups excluding carboxylic acids is 1. The van der Waals surface area contributed by atoms with Gasteiger partial charge in [-0.25, -0.2) is 4.68 Å². The average Bonchev–Trinajstić information content (AvgIpc) is 3.07. The van der Waals surface area contributed by atoms with E-state index >= 15 is 0 Å². The quantitative estimate of drug-likeness (QED) is 0.750. The maximum absolute atomic E-state index is 12.4. The first kappa shape index (κ1) is 16.7. The molecule has 132 valence electrons. The highest BCUT2D eigenvalue weighted by Gasteiger charge is 2.30. The summed E-state index contributed by atoms with van der Waals surface area (Å²) in [5, 5.41) is 8.17. The maximum Gasteiger partial charge on any atom is 0.226 e. The summed E-state index contributed by atoms with van der Waals surface area (Å²) < 4.78 is 6.98. The Bertz CT molecular complexity index is 979. The summed E-state index contributed by atoms with van der Waals surface area (Å²) in [6, 6.07) is 13.5. The van der Waals surface area contributed by atoms with Crippen molar-refractivity contribution in [3.8, 4) is 11.4 Å². The zero-order chi connectivity index (χ0) is 18.3. The molecule has 0 saturated carbocycles. The Labute approximate surface area is 156 Å². The number of benzene rings is 2. The van der Waals surface area contributed by atoms with Gasteiger partial charge in [-0.2, -0.15) is 5.10 Å². The second-order valence-electron chi connectivity index (χ2n) is 6.32. The van der Waals surface area contributed by atoms with Gasteiger partial charge in [0, 0.05) is 22.9 Å². The molecule has 0 saturated heterocycles. The molecule has 1 atom stereocenters. The van der Waals surface area contributed by atoms with E-state index in [2.05, 4.69) is 10.4 Å². The first-order chi connectivity index (χ1) is 12.6. The van der Waals surface area contributed by atoms with Gasteiger partial charge in [-0.1, -0.05) is 29.8 Å². The summed E-state index contributed by atoms with van der Waals surface area (Å²) in [6.07, 6.45) is 2.21. The predicted octanol–water partition coefficient (Wildman–Crippen LogP) is 4.32. The van der Waals surface area contributed by atoms with Gasteiger partial charge in [-0.15, -0.1) is 0 Å². The molecule has 1 amide bonds. The van der Waals surface area contributed by atoms with Crippen molar-refractivity contribution >= 4 is 23.3 Å². The largest absolute Gasteiger partial charge is 0.497 e. The van der Waals surface area contributed by atoms with Crippen molar-refractivity contribution in [1.29, 1.82) is 0 Å². The Morgan fingerprint density at radius 3 is 2.73 bits per heavy atom. The van der Waals surface area contributed by atoms with E-state index in [4.69, 9.17) is 16.3 Å². The van der Waals surface area contributed by atoms with Gasteiger partial charge in [0.2, 0.25) is 5.91 Å². The molecular formula is C20H18ClN3O2. The van der Waals surface area contributed by atoms with E-state index in [0.717, 1.165) is 28.1 Å². The van der Waals surface area contributed by atoms with Crippen LogP contribution in [0.1, 0.15) is 29.0 Å². The summed E-state index contributed by atoms with van der Waals surface area (Å²) in [4.78, 5) is 12.4. The standard InChI is InChI=1S/C20H18ClN3O2/c1-12-17(21)4-3-5-18(12)24-20-16(11-22-24)15(10-19(25)23-20)13-6-8-14(26-2)9-7-13/h3-9,11,15H,10H2,1-2H3,(H,23,25)/t15-/m0/s1. The zero-order valence-corrected chi connectivity index (χ0v) is 15.2. The molecule has 6 heteroatoms. The van der Waals surface area contributed by atoms with Gasteiger partial charge in [-0.05, 0) is 42.3 Å². The van der Waals surface area contributed by atoms with Crippen LogP contribution in [0.25, 0.3) is 5.69 Å². The third kappa shape index (κ3) is 2.74. The number of fused-ring (bicyclic) bond motifs is 1. The summed E-state index contributed by atoms with van der Waals surface area (Å²) in [5.74, 6) is 1.42. The van der Waals surface area contributed by atoms with Crippen LogP contribution in [0.15, 0.2) is 48.7 Å². The Hall–Kier alpha value is -2.79. The molecule has 5 nitrogen and oxygen atoms in total. The van der Waals surface area contributed by atoms with E-state index < -0.39 is 0 Å². The number of hydrogen-bond donors (Lipinski definition) is 1. The number of carbonyl (C=O) groups is 1. The van der Waals surface area contributed by atoms with Crippen LogP contribution in [0.4, 0.5) is 5.82 Å². The number of nitrogens with zero attached hydrogens (tertiary/aromatic N) is 2. The van der Waals surface area contributed by atoms with E-state index in [1.54, 1.807) is 11.8 Å². The second-order valence-corrected chi connectivity index (χ2v) is 6.73. The van der Waals surface area contributed by atoms with E-state index in [1.165, 1.54) is 0 Å². The number of ether oxygens (including phenoxy) is 1. The van der Waals surface area contributed by atoms with Crippen molar-refractivity contribution in [2.75, 3.05) is 12.4 Å². The molecule has 0 spiro atoms. The lowest BCUT2D eigenvalue weighted by molar-refractivity contribution is -0.116. The van der Waals surface area contributed by atoms with Gasteiger partial charge in [0.05, 0.1) is 19.0 Å². The first-order valence-corrected chi connectivity index (χ1v) is 8.73. The van der Waals surface area contributed by atoms with Crippen LogP contribution in [-0.2, 0) is 4.79 Å². The lowest BCUT2D eigenvalue weighted by atomic mass is 9.87. The molecule has 0 aliphatic carbocycles. The Kier molecular flexibility index (Phi) is 4.17. The number of anilines is 1. The SMILES string of the molecule is COc1ccc([C@@H]2CC(=O)Nc3c2cnn3-c2cccc(Cl)c2C)cc1. The average molecular weight is 368 g/mol. The van der Waals surface area contributed by atoms with Crippen molar-refractivity contribution in [3.63, 3.8) is 0 Å². The van der Waals surface area contributed by atoms with Crippen molar-refractivity contribution in [2.24, 2.45) is 0 Å². The topological polar surface area (TPSA) is 56.1 Å². The van der Waals surface area contributed by atoms with E-state index in [-0.39, 0.29) is 11.8 Å². The predicted molar refractivity (Wildman–Crippen MR) is 101 cm³/mol. The molecule has 2 heterocycles. The minimum atomic E-state index is -0.0436. The molecule has 2 aromatic carbocycles. The van der Waals surface area contributed by atoms with Gasteiger partial charge < -0.3 is 10.1 Å². The maximum atomic E-state index is 12.4. The summed E-state index contributed by atoms with van der Waals surface area (Å²) in [6.45, 7) is 1.94. The van der Waals surface area contributed by atoms with Gasteiger partial charge in [-0.3, -0.25) is 4.79 Å². The van der Waals surface area contributed by atoms with Crippen molar-refractivity contribution in [2.45, 2.75) is 19.3 Å². The fourth-order valence-corrected chi connectivity index (χ4v) is 3.53. The minimum Gasteiger partial charge on any atom is -0.497 e. The van der Waals surface area contributed by atoms with Gasteiger partial charge in [0.1, 0.15) is 11.6 Å². The number of rotatable bonds is 3. The normalized spacial score (nSPS) is 16.1. The highest BCUT2D eigenvalue weighted by molar-refractivity contribution is 6.31. The van der Waals surface area contributed by atoms with Crippen LogP contribution in [0.5, 0.6) is 5.75 Å². The van der Waals surface area contributed by atoms with Crippen LogP contribution < -0.4 is 10.1 Å². The molecule has 3 aromatic rings. The monoisotopic (exact) mass is 367 g/mol. The van der Waals surface area contributed by atoms with Crippen LogP contribution in [0.3, 0.4) is 0 Å². The van der Waals surface area contributed by atoms with Gasteiger partial charge in [0.25, 0.3) is 0 Å². The number of methoxy groups -OCH3 is 1. The Balaban J connectivity index is 1.81. The van der Waals surface area contributed by atoms with Crippen molar-refractivity contribution < 1.29 is 9.53 Å². The molecule has 1 aliphatic heterocycles. The van der Waals surface area contributed by atoms with Crippen LogP contribution in [0, 0.1) is 6.92 Å². The number of nitrogens with one attached hydrogen (secondary N) is 1. The minimum absolute atomic E-state index is 0.0280. The van der Waals surface area contributed by atoms with Crippen LogP contribution >= 0.6 is 11.6 Å². The molecular weight excluding hydrogens is 350 g/mol. The lowest BCUT2D eigenvalue weighted by Crippen LogP contribution is -2.24. The molecule has 0 radical (unpaired) electrons. The number of halogens is 1. The number of amides is 1. The molecule has 1 aliphatic rings. The third-order valence-electron chi connectivity index (χ3n) is 4.81. The lowest BCUT2D eigenvalue weighted by Gasteiger charge is -2.24.